The topological polar surface area (TPSA) is 93.2 Å². The monoisotopic (exact) mass is 564 g/mol. The molecule has 0 bridgehead atoms. The molecule has 0 unspecified atom stereocenters. The van der Waals surface area contributed by atoms with E-state index >= 15 is 0 Å². The fourth-order valence-electron chi connectivity index (χ4n) is 4.17. The summed E-state index contributed by atoms with van der Waals surface area (Å²) in [6.45, 7) is 1.88. The van der Waals surface area contributed by atoms with Crippen LogP contribution in [0.3, 0.4) is 0 Å². The maximum atomic E-state index is 13.2. The van der Waals surface area contributed by atoms with Crippen molar-refractivity contribution in [1.82, 2.24) is 14.9 Å². The van der Waals surface area contributed by atoms with Crippen LogP contribution < -0.4 is 14.8 Å². The van der Waals surface area contributed by atoms with Crippen molar-refractivity contribution < 1.29 is 26.3 Å². The lowest BCUT2D eigenvalue weighted by molar-refractivity contribution is -0.274. The number of nitrogens with zero attached hydrogens (tertiary/aromatic N) is 2. The van der Waals surface area contributed by atoms with Crippen molar-refractivity contribution in [3.63, 3.8) is 0 Å². The Labute approximate surface area is 228 Å². The van der Waals surface area contributed by atoms with Crippen molar-refractivity contribution >= 4 is 32.3 Å². The molecule has 0 saturated heterocycles. The first kappa shape index (κ1) is 27.1. The lowest BCUT2D eigenvalue weighted by atomic mass is 10.0. The van der Waals surface area contributed by atoms with Gasteiger partial charge < -0.3 is 10.1 Å². The standard InChI is InChI=1S/C29H23F3N4O3S/c1-19-11-12-21(17-26(19)40(37,38)33-18-20-7-3-2-4-8-20)27-24-9-5-6-10-25(24)28(36-35-27)34-22-13-15-23(16-14-22)39-29(30,31)32/h2-17,33H,18H2,1H3,(H,34,36). The van der Waals surface area contributed by atoms with E-state index in [1.54, 1.807) is 25.1 Å². The average molecular weight is 565 g/mol. The molecule has 0 aliphatic carbocycles. The Morgan fingerprint density at radius 1 is 0.825 bits per heavy atom. The molecule has 4 aromatic carbocycles. The number of rotatable bonds is 8. The van der Waals surface area contributed by atoms with Gasteiger partial charge in [-0.05, 0) is 48.4 Å². The number of sulfonamides is 1. The molecule has 0 aliphatic heterocycles. The zero-order valence-electron chi connectivity index (χ0n) is 21.1. The van der Waals surface area contributed by atoms with Crippen LogP contribution in [0.5, 0.6) is 5.75 Å². The van der Waals surface area contributed by atoms with Crippen LogP contribution in [0.1, 0.15) is 11.1 Å². The minimum atomic E-state index is -4.78. The summed E-state index contributed by atoms with van der Waals surface area (Å²) in [5.74, 6) is 0.0426. The first-order valence-electron chi connectivity index (χ1n) is 12.1. The fraction of sp³-hybridized carbons (Fsp3) is 0.103. The Morgan fingerprint density at radius 3 is 2.20 bits per heavy atom. The zero-order chi connectivity index (χ0) is 28.3. The van der Waals surface area contributed by atoms with E-state index in [0.29, 0.717) is 39.1 Å². The Morgan fingerprint density at radius 2 is 1.50 bits per heavy atom. The van der Waals surface area contributed by atoms with E-state index in [2.05, 4.69) is 25.0 Å². The van der Waals surface area contributed by atoms with E-state index < -0.39 is 16.4 Å². The second-order valence-electron chi connectivity index (χ2n) is 8.93. The Balaban J connectivity index is 1.45. The summed E-state index contributed by atoms with van der Waals surface area (Å²) >= 11 is 0. The summed E-state index contributed by atoms with van der Waals surface area (Å²) in [5, 5.41) is 13.2. The molecule has 11 heteroatoms. The first-order chi connectivity index (χ1) is 19.1. The highest BCUT2D eigenvalue weighted by atomic mass is 32.2. The van der Waals surface area contributed by atoms with Crippen molar-refractivity contribution in [3.8, 4) is 17.0 Å². The molecule has 1 heterocycles. The highest BCUT2D eigenvalue weighted by molar-refractivity contribution is 7.89. The largest absolute Gasteiger partial charge is 0.573 e. The van der Waals surface area contributed by atoms with Gasteiger partial charge in [-0.2, -0.15) is 0 Å². The van der Waals surface area contributed by atoms with E-state index in [1.807, 2.05) is 54.6 Å². The maximum Gasteiger partial charge on any atom is 0.573 e. The van der Waals surface area contributed by atoms with Crippen LogP contribution in [0.25, 0.3) is 22.0 Å². The van der Waals surface area contributed by atoms with Crippen LogP contribution in [0, 0.1) is 6.92 Å². The van der Waals surface area contributed by atoms with Gasteiger partial charge in [0, 0.05) is 28.6 Å². The van der Waals surface area contributed by atoms with Crippen LogP contribution in [-0.4, -0.2) is 25.0 Å². The molecular weight excluding hydrogens is 541 g/mol. The van der Waals surface area contributed by atoms with Gasteiger partial charge in [0.05, 0.1) is 4.90 Å². The van der Waals surface area contributed by atoms with Gasteiger partial charge in [0.2, 0.25) is 10.0 Å². The number of hydrogen-bond acceptors (Lipinski definition) is 6. The molecule has 5 aromatic rings. The predicted octanol–water partition coefficient (Wildman–Crippen LogP) is 6.73. The Hall–Kier alpha value is -4.48. The minimum Gasteiger partial charge on any atom is -0.406 e. The molecule has 0 aliphatic rings. The number of aryl methyl sites for hydroxylation is 1. The fourth-order valence-corrected chi connectivity index (χ4v) is 5.46. The van der Waals surface area contributed by atoms with Crippen LogP contribution >= 0.6 is 0 Å². The van der Waals surface area contributed by atoms with Crippen molar-refractivity contribution in [2.24, 2.45) is 0 Å². The SMILES string of the molecule is Cc1ccc(-c2nnc(Nc3ccc(OC(F)(F)F)cc3)c3ccccc23)cc1S(=O)(=O)NCc1ccccc1. The molecule has 204 valence electrons. The van der Waals surface area contributed by atoms with Crippen molar-refractivity contribution in [2.75, 3.05) is 5.32 Å². The second-order valence-corrected chi connectivity index (χ2v) is 10.7. The molecule has 7 nitrogen and oxygen atoms in total. The van der Waals surface area contributed by atoms with Gasteiger partial charge in [-0.15, -0.1) is 23.4 Å². The molecule has 0 saturated carbocycles. The summed E-state index contributed by atoms with van der Waals surface area (Å²) in [5.41, 5.74) is 2.94. The molecule has 1 aromatic heterocycles. The van der Waals surface area contributed by atoms with Gasteiger partial charge in [-0.1, -0.05) is 66.7 Å². The van der Waals surface area contributed by atoms with Gasteiger partial charge in [0.1, 0.15) is 11.4 Å². The summed E-state index contributed by atoms with van der Waals surface area (Å²) in [6.07, 6.45) is -4.78. The molecular formula is C29H23F3N4O3S. The van der Waals surface area contributed by atoms with Gasteiger partial charge in [0.15, 0.2) is 5.82 Å². The third-order valence-corrected chi connectivity index (χ3v) is 7.64. The number of fused-ring (bicyclic) bond motifs is 1. The highest BCUT2D eigenvalue weighted by Crippen LogP contribution is 2.33. The predicted molar refractivity (Wildman–Crippen MR) is 147 cm³/mol. The van der Waals surface area contributed by atoms with Crippen LogP contribution in [0.4, 0.5) is 24.7 Å². The van der Waals surface area contributed by atoms with Crippen LogP contribution in [-0.2, 0) is 16.6 Å². The van der Waals surface area contributed by atoms with Gasteiger partial charge in [-0.25, -0.2) is 13.1 Å². The number of aromatic nitrogens is 2. The zero-order valence-corrected chi connectivity index (χ0v) is 21.9. The van der Waals surface area contributed by atoms with Crippen LogP contribution in [0.15, 0.2) is 102 Å². The van der Waals surface area contributed by atoms with E-state index in [9.17, 15) is 21.6 Å². The van der Waals surface area contributed by atoms with Crippen molar-refractivity contribution in [1.29, 1.82) is 0 Å². The molecule has 2 N–H and O–H groups in total. The average Bonchev–Trinajstić information content (AvgIpc) is 2.93. The summed E-state index contributed by atoms with van der Waals surface area (Å²) < 4.78 is 70.4. The number of ether oxygens (including phenoxy) is 1. The number of hydrogen-bond donors (Lipinski definition) is 2. The summed E-state index contributed by atoms with van der Waals surface area (Å²) in [4.78, 5) is 0.134. The molecule has 0 radical (unpaired) electrons. The first-order valence-corrected chi connectivity index (χ1v) is 13.6. The molecule has 0 spiro atoms. The lowest BCUT2D eigenvalue weighted by Crippen LogP contribution is -2.24. The maximum absolute atomic E-state index is 13.2. The van der Waals surface area contributed by atoms with E-state index in [1.165, 1.54) is 24.3 Å². The van der Waals surface area contributed by atoms with E-state index in [4.69, 9.17) is 0 Å². The van der Waals surface area contributed by atoms with Gasteiger partial charge >= 0.3 is 6.36 Å². The van der Waals surface area contributed by atoms with Crippen molar-refractivity contribution in [2.45, 2.75) is 24.7 Å². The lowest BCUT2D eigenvalue weighted by Gasteiger charge is -2.14. The molecule has 40 heavy (non-hydrogen) atoms. The van der Waals surface area contributed by atoms with Crippen LogP contribution in [0.2, 0.25) is 0 Å². The van der Waals surface area contributed by atoms with Gasteiger partial charge in [-0.3, -0.25) is 0 Å². The minimum absolute atomic E-state index is 0.134. The van der Waals surface area contributed by atoms with Gasteiger partial charge in [0.25, 0.3) is 0 Å². The molecule has 0 fully saturated rings. The Bertz CT molecular complexity index is 1760. The summed E-state index contributed by atoms with van der Waals surface area (Å²) in [7, 11) is -3.83. The van der Waals surface area contributed by atoms with Crippen molar-refractivity contribution in [3.05, 3.63) is 108 Å². The number of anilines is 2. The normalized spacial score (nSPS) is 11.9. The smallest absolute Gasteiger partial charge is 0.406 e. The van der Waals surface area contributed by atoms with E-state index in [0.717, 1.165) is 5.56 Å². The number of halogens is 3. The molecule has 0 atom stereocenters. The third kappa shape index (κ3) is 6.22. The quantitative estimate of drug-likeness (QED) is 0.217. The van der Waals surface area contributed by atoms with E-state index in [-0.39, 0.29) is 17.2 Å². The molecule has 5 rings (SSSR count). The highest BCUT2D eigenvalue weighted by Gasteiger charge is 2.31. The second kappa shape index (κ2) is 10.9. The number of benzene rings is 4. The summed E-state index contributed by atoms with van der Waals surface area (Å²) in [6, 6.07) is 26.9. The third-order valence-electron chi connectivity index (χ3n) is 6.10. The Kier molecular flexibility index (Phi) is 7.42. The number of nitrogens with one attached hydrogen (secondary N) is 2. The number of alkyl halides is 3. The molecule has 0 amide bonds.